The number of hydrogen-bond donors (Lipinski definition) is 2. The van der Waals surface area contributed by atoms with E-state index in [0.717, 1.165) is 82.6 Å². The Morgan fingerprint density at radius 2 is 1.80 bits per heavy atom. The predicted molar refractivity (Wildman–Crippen MR) is 182 cm³/mol. The molecule has 2 saturated heterocycles. The zero-order valence-electron chi connectivity index (χ0n) is 25.6. The molecule has 0 atom stereocenters. The monoisotopic (exact) mass is 688 g/mol. The van der Waals surface area contributed by atoms with Gasteiger partial charge in [-0.2, -0.15) is 15.1 Å². The van der Waals surface area contributed by atoms with Crippen molar-refractivity contribution in [2.45, 2.75) is 12.8 Å². The van der Waals surface area contributed by atoms with Gasteiger partial charge in [0.1, 0.15) is 17.3 Å². The van der Waals surface area contributed by atoms with Crippen molar-refractivity contribution in [2.24, 2.45) is 12.5 Å². The SMILES string of the molecule is COc1nc(N2CCC3(CC2)COC3)c(-c2cnn(C)c2)cc1Nc1ncc(Br)c(Nc2ccc3nccnc3c2P(C)C)n1. The zero-order chi connectivity index (χ0) is 31.1. The summed E-state index contributed by atoms with van der Waals surface area (Å²) < 4.78 is 13.9. The van der Waals surface area contributed by atoms with Gasteiger partial charge in [-0.25, -0.2) is 4.98 Å². The number of aromatic nitrogens is 7. The normalized spacial score (nSPS) is 15.8. The van der Waals surface area contributed by atoms with Crippen LogP contribution in [0, 0.1) is 5.41 Å². The van der Waals surface area contributed by atoms with Crippen LogP contribution in [-0.2, 0) is 11.8 Å². The van der Waals surface area contributed by atoms with Crippen LogP contribution in [0.3, 0.4) is 0 Å². The van der Waals surface area contributed by atoms with Gasteiger partial charge in [-0.3, -0.25) is 14.6 Å². The third-order valence-electron chi connectivity index (χ3n) is 8.42. The molecule has 0 bridgehead atoms. The number of halogens is 1. The smallest absolute Gasteiger partial charge is 0.239 e. The zero-order valence-corrected chi connectivity index (χ0v) is 28.1. The molecule has 2 aliphatic rings. The third kappa shape index (κ3) is 5.80. The standard InChI is InChI=1S/C31H34BrN10O2P/c1-41-16-19(14-36-41)20-13-24(29(43-2)40-28(20)42-11-7-31(8-12-42)17-44-18-31)38-30-35-15-21(32)27(39-30)37-23-6-5-22-25(26(23)45(3)4)34-10-9-33-22/h5-6,9-10,13-16H,7-8,11-12,17-18H2,1-4H3,(H2,35,37,38,39). The molecular formula is C31H34BrN10O2P. The van der Waals surface area contributed by atoms with Crippen LogP contribution in [0.2, 0.25) is 0 Å². The second-order valence-corrected chi connectivity index (χ2v) is 14.8. The summed E-state index contributed by atoms with van der Waals surface area (Å²) in [5.74, 6) is 2.35. The van der Waals surface area contributed by atoms with E-state index >= 15 is 0 Å². The minimum Gasteiger partial charge on any atom is -0.479 e. The quantitative estimate of drug-likeness (QED) is 0.202. The lowest BCUT2D eigenvalue weighted by atomic mass is 9.77. The Labute approximate surface area is 270 Å². The van der Waals surface area contributed by atoms with Gasteiger partial charge in [-0.15, -0.1) is 0 Å². The number of piperidine rings is 1. The number of benzene rings is 1. The van der Waals surface area contributed by atoms with E-state index in [1.807, 2.05) is 31.6 Å². The summed E-state index contributed by atoms with van der Waals surface area (Å²) in [7, 11) is 3.05. The molecule has 1 spiro atoms. The number of ether oxygens (including phenoxy) is 2. The summed E-state index contributed by atoms with van der Waals surface area (Å²) in [6, 6.07) is 6.05. The largest absolute Gasteiger partial charge is 0.479 e. The molecule has 6 heterocycles. The number of rotatable bonds is 8. The van der Waals surface area contributed by atoms with Gasteiger partial charge in [-0.05, 0) is 60.3 Å². The first-order valence-electron chi connectivity index (χ1n) is 14.7. The number of nitrogens with zero attached hydrogens (tertiary/aromatic N) is 8. The van der Waals surface area contributed by atoms with E-state index in [-0.39, 0.29) is 0 Å². The number of hydrogen-bond acceptors (Lipinski definition) is 11. The van der Waals surface area contributed by atoms with Gasteiger partial charge in [0.05, 0.1) is 42.0 Å². The molecule has 0 aliphatic carbocycles. The molecule has 12 nitrogen and oxygen atoms in total. The number of anilines is 5. The van der Waals surface area contributed by atoms with Gasteiger partial charge in [0.25, 0.3) is 0 Å². The van der Waals surface area contributed by atoms with Gasteiger partial charge in [0.2, 0.25) is 11.8 Å². The molecule has 2 aliphatic heterocycles. The molecule has 7 rings (SSSR count). The van der Waals surface area contributed by atoms with Crippen LogP contribution in [0.4, 0.5) is 29.0 Å². The Kier molecular flexibility index (Phi) is 8.01. The van der Waals surface area contributed by atoms with Crippen molar-refractivity contribution in [2.75, 3.05) is 62.3 Å². The number of nitrogens with one attached hydrogen (secondary N) is 2. The molecule has 0 radical (unpaired) electrons. The second kappa shape index (κ2) is 12.1. The predicted octanol–water partition coefficient (Wildman–Crippen LogP) is 5.46. The van der Waals surface area contributed by atoms with E-state index in [2.05, 4.69) is 70.9 Å². The lowest BCUT2D eigenvalue weighted by Gasteiger charge is -2.47. The average Bonchev–Trinajstić information content (AvgIpc) is 3.47. The van der Waals surface area contributed by atoms with Gasteiger partial charge in [0.15, 0.2) is 0 Å². The highest BCUT2D eigenvalue weighted by molar-refractivity contribution is 9.10. The first kappa shape index (κ1) is 29.8. The summed E-state index contributed by atoms with van der Waals surface area (Å²) in [5, 5.41) is 12.5. The average molecular weight is 690 g/mol. The van der Waals surface area contributed by atoms with E-state index in [4.69, 9.17) is 19.4 Å². The second-order valence-electron chi connectivity index (χ2n) is 11.7. The van der Waals surface area contributed by atoms with Crippen molar-refractivity contribution in [3.63, 3.8) is 0 Å². The van der Waals surface area contributed by atoms with Crippen molar-refractivity contribution in [1.29, 1.82) is 0 Å². The van der Waals surface area contributed by atoms with Crippen LogP contribution in [-0.4, -0.2) is 81.4 Å². The number of pyridine rings is 1. The molecule has 4 aromatic heterocycles. The lowest BCUT2D eigenvalue weighted by molar-refractivity contribution is -0.124. The molecule has 0 amide bonds. The van der Waals surface area contributed by atoms with Crippen molar-refractivity contribution < 1.29 is 9.47 Å². The Morgan fingerprint density at radius 3 is 2.49 bits per heavy atom. The van der Waals surface area contributed by atoms with Crippen molar-refractivity contribution in [3.8, 4) is 17.0 Å². The molecule has 5 aromatic rings. The maximum Gasteiger partial charge on any atom is 0.239 e. The lowest BCUT2D eigenvalue weighted by Crippen LogP contribution is -2.51. The maximum absolute atomic E-state index is 5.82. The number of fused-ring (bicyclic) bond motifs is 1. The molecule has 1 aromatic carbocycles. The molecule has 0 unspecified atom stereocenters. The highest BCUT2D eigenvalue weighted by Crippen LogP contribution is 2.43. The molecule has 0 saturated carbocycles. The van der Waals surface area contributed by atoms with Crippen LogP contribution in [0.1, 0.15) is 12.8 Å². The highest BCUT2D eigenvalue weighted by Gasteiger charge is 2.41. The van der Waals surface area contributed by atoms with E-state index in [9.17, 15) is 0 Å². The fraction of sp³-hybridized carbons (Fsp3) is 0.355. The van der Waals surface area contributed by atoms with E-state index in [1.54, 1.807) is 30.4 Å². The minimum absolute atomic E-state index is 0.318. The molecule has 2 N–H and O–H groups in total. The number of aryl methyl sites for hydroxylation is 1. The molecule has 14 heteroatoms. The van der Waals surface area contributed by atoms with Gasteiger partial charge < -0.3 is 25.0 Å². The molecule has 232 valence electrons. The Bertz CT molecular complexity index is 1870. The topological polar surface area (TPSA) is 128 Å². The van der Waals surface area contributed by atoms with Gasteiger partial charge >= 0.3 is 0 Å². The van der Waals surface area contributed by atoms with Crippen LogP contribution in [0.25, 0.3) is 22.2 Å². The fourth-order valence-corrected chi connectivity index (χ4v) is 7.46. The highest BCUT2D eigenvalue weighted by atomic mass is 79.9. The summed E-state index contributed by atoms with van der Waals surface area (Å²) in [5.41, 5.74) is 5.60. The Morgan fingerprint density at radius 1 is 1.00 bits per heavy atom. The van der Waals surface area contributed by atoms with Crippen LogP contribution in [0.15, 0.2) is 53.7 Å². The maximum atomic E-state index is 5.82. The third-order valence-corrected chi connectivity index (χ3v) is 10.3. The molecular weight excluding hydrogens is 655 g/mol. The summed E-state index contributed by atoms with van der Waals surface area (Å²) in [4.78, 5) is 25.9. The molecule has 45 heavy (non-hydrogen) atoms. The van der Waals surface area contributed by atoms with E-state index < -0.39 is 7.92 Å². The summed E-state index contributed by atoms with van der Waals surface area (Å²) in [6.45, 7) is 7.94. The first-order chi connectivity index (χ1) is 21.8. The van der Waals surface area contributed by atoms with Gasteiger partial charge in [0, 0.05) is 72.5 Å². The van der Waals surface area contributed by atoms with Crippen molar-refractivity contribution >= 4 is 69.1 Å². The Hall–Kier alpha value is -3.93. The van der Waals surface area contributed by atoms with Crippen LogP contribution >= 0.6 is 23.9 Å². The fourth-order valence-electron chi connectivity index (χ4n) is 5.96. The summed E-state index contributed by atoms with van der Waals surface area (Å²) >= 11 is 3.63. The van der Waals surface area contributed by atoms with Gasteiger partial charge in [-0.1, -0.05) is 7.92 Å². The van der Waals surface area contributed by atoms with Crippen molar-refractivity contribution in [1.82, 2.24) is 34.7 Å². The minimum atomic E-state index is -0.494. The number of methoxy groups -OCH3 is 1. The van der Waals surface area contributed by atoms with Crippen LogP contribution in [0.5, 0.6) is 5.88 Å². The van der Waals surface area contributed by atoms with E-state index in [1.165, 1.54) is 0 Å². The first-order valence-corrected chi connectivity index (χ1v) is 17.7. The van der Waals surface area contributed by atoms with E-state index in [0.29, 0.717) is 28.7 Å². The van der Waals surface area contributed by atoms with Crippen molar-refractivity contribution in [3.05, 3.63) is 53.7 Å². The molecule has 2 fully saturated rings. The Balaban J connectivity index is 1.22. The summed E-state index contributed by atoms with van der Waals surface area (Å²) in [6.07, 6.45) is 11.2. The van der Waals surface area contributed by atoms with Crippen LogP contribution < -0.4 is 25.6 Å².